The highest BCUT2D eigenvalue weighted by atomic mass is 32.3. The molecule has 1 N–H and O–H groups in total. The zero-order valence-corrected chi connectivity index (χ0v) is 13.7. The number of ketones is 1. The van der Waals surface area contributed by atoms with Crippen molar-refractivity contribution in [2.75, 3.05) is 6.61 Å². The summed E-state index contributed by atoms with van der Waals surface area (Å²) in [7, 11) is -4.28. The smallest absolute Gasteiger partial charge is 0.299 e. The van der Waals surface area contributed by atoms with Crippen molar-refractivity contribution < 1.29 is 21.9 Å². The van der Waals surface area contributed by atoms with Gasteiger partial charge in [-0.05, 0) is 12.8 Å². The number of unbranched alkanes of at least 4 members (excludes halogenated alkanes) is 6. The maximum atomic E-state index is 11.7. The molecule has 6 heteroatoms. The molecular formula is C14H28O5S. The highest BCUT2D eigenvalue weighted by molar-refractivity contribution is 7.80. The van der Waals surface area contributed by atoms with Crippen LogP contribution in [0.15, 0.2) is 0 Å². The molecule has 0 unspecified atom stereocenters. The Morgan fingerprint density at radius 3 is 1.85 bits per heavy atom. The van der Waals surface area contributed by atoms with E-state index in [0.29, 0.717) is 18.6 Å². The summed E-state index contributed by atoms with van der Waals surface area (Å²) in [6.07, 6.45) is 7.37. The largest absolute Gasteiger partial charge is 0.397 e. The molecule has 0 rings (SSSR count). The maximum absolute atomic E-state index is 11.7. The third kappa shape index (κ3) is 12.6. The third-order valence-corrected chi connectivity index (χ3v) is 3.58. The molecule has 0 aromatic carbocycles. The molecule has 0 atom stereocenters. The first-order chi connectivity index (χ1) is 9.13. The van der Waals surface area contributed by atoms with Gasteiger partial charge in [-0.15, -0.1) is 0 Å². The van der Waals surface area contributed by atoms with Crippen molar-refractivity contribution in [3.8, 4) is 0 Å². The molecule has 0 heterocycles. The Balaban J connectivity index is 3.32. The normalized spacial score (nSPS) is 12.6. The van der Waals surface area contributed by atoms with Gasteiger partial charge in [-0.2, -0.15) is 8.42 Å². The van der Waals surface area contributed by atoms with Crippen LogP contribution in [-0.4, -0.2) is 25.4 Å². The van der Waals surface area contributed by atoms with Gasteiger partial charge in [-0.1, -0.05) is 52.9 Å². The predicted molar refractivity (Wildman–Crippen MR) is 78.9 cm³/mol. The fourth-order valence-electron chi connectivity index (χ4n) is 1.81. The number of carbonyl (C=O) groups excluding carboxylic acids is 1. The molecule has 0 bridgehead atoms. The first-order valence-electron chi connectivity index (χ1n) is 7.28. The van der Waals surface area contributed by atoms with E-state index >= 15 is 0 Å². The van der Waals surface area contributed by atoms with Gasteiger partial charge in [0.1, 0.15) is 5.78 Å². The second-order valence-electron chi connectivity index (χ2n) is 6.15. The second kappa shape index (κ2) is 9.47. The molecule has 20 heavy (non-hydrogen) atoms. The van der Waals surface area contributed by atoms with Gasteiger partial charge in [0.15, 0.2) is 0 Å². The average Bonchev–Trinajstić information content (AvgIpc) is 2.28. The van der Waals surface area contributed by atoms with Gasteiger partial charge in [0.2, 0.25) is 0 Å². The Labute approximate surface area is 123 Å². The number of rotatable bonds is 11. The van der Waals surface area contributed by atoms with E-state index in [-0.39, 0.29) is 12.0 Å². The van der Waals surface area contributed by atoms with Crippen LogP contribution in [0.5, 0.6) is 0 Å². The molecule has 120 valence electrons. The lowest BCUT2D eigenvalue weighted by molar-refractivity contribution is -0.126. The molecule has 0 spiro atoms. The van der Waals surface area contributed by atoms with Crippen LogP contribution in [0.4, 0.5) is 0 Å². The summed E-state index contributed by atoms with van der Waals surface area (Å²) in [4.78, 5) is 11.7. The quantitative estimate of drug-likeness (QED) is 0.466. The van der Waals surface area contributed by atoms with Crippen molar-refractivity contribution in [1.29, 1.82) is 0 Å². The highest BCUT2D eigenvalue weighted by Gasteiger charge is 2.19. The molecule has 0 aliphatic rings. The summed E-state index contributed by atoms with van der Waals surface area (Å²) in [6.45, 7) is 5.89. The minimum Gasteiger partial charge on any atom is -0.299 e. The Bertz CT molecular complexity index is 368. The van der Waals surface area contributed by atoms with E-state index < -0.39 is 10.4 Å². The maximum Gasteiger partial charge on any atom is 0.397 e. The lowest BCUT2D eigenvalue weighted by Gasteiger charge is -2.16. The molecule has 0 radical (unpaired) electrons. The lowest BCUT2D eigenvalue weighted by atomic mass is 9.88. The van der Waals surface area contributed by atoms with Gasteiger partial charge in [-0.25, -0.2) is 4.18 Å². The van der Waals surface area contributed by atoms with Crippen molar-refractivity contribution in [2.45, 2.75) is 72.1 Å². The van der Waals surface area contributed by atoms with Crippen LogP contribution in [0.2, 0.25) is 0 Å². The predicted octanol–water partition coefficient (Wildman–Crippen LogP) is 3.54. The Kier molecular flexibility index (Phi) is 9.25. The molecule has 0 fully saturated rings. The van der Waals surface area contributed by atoms with Gasteiger partial charge in [-0.3, -0.25) is 9.35 Å². The first kappa shape index (κ1) is 19.5. The van der Waals surface area contributed by atoms with Crippen molar-refractivity contribution in [3.63, 3.8) is 0 Å². The van der Waals surface area contributed by atoms with E-state index in [2.05, 4.69) is 4.18 Å². The topological polar surface area (TPSA) is 80.7 Å². The van der Waals surface area contributed by atoms with Crippen LogP contribution in [0.1, 0.15) is 72.1 Å². The molecule has 0 saturated heterocycles. The zero-order chi connectivity index (χ0) is 15.6. The molecule has 0 aliphatic carbocycles. The molecule has 0 amide bonds. The van der Waals surface area contributed by atoms with Crippen LogP contribution in [0.3, 0.4) is 0 Å². The van der Waals surface area contributed by atoms with Crippen LogP contribution < -0.4 is 0 Å². The summed E-state index contributed by atoms with van der Waals surface area (Å²) in [5.41, 5.74) is -0.229. The van der Waals surface area contributed by atoms with Crippen LogP contribution in [0.25, 0.3) is 0 Å². The van der Waals surface area contributed by atoms with E-state index in [0.717, 1.165) is 38.5 Å². The van der Waals surface area contributed by atoms with E-state index in [4.69, 9.17) is 4.55 Å². The molecule has 5 nitrogen and oxygen atoms in total. The monoisotopic (exact) mass is 308 g/mol. The van der Waals surface area contributed by atoms with Gasteiger partial charge >= 0.3 is 10.4 Å². The van der Waals surface area contributed by atoms with E-state index in [1.807, 2.05) is 20.8 Å². The van der Waals surface area contributed by atoms with E-state index in [9.17, 15) is 13.2 Å². The fourth-order valence-corrected chi connectivity index (χ4v) is 2.14. The summed E-state index contributed by atoms with van der Waals surface area (Å²) < 4.78 is 33.1. The third-order valence-electron chi connectivity index (χ3n) is 3.12. The standard InChI is InChI=1S/C14H28O5S/c1-14(2,3)13(15)11-9-7-5-4-6-8-10-12-19-20(16,17)18/h4-12H2,1-3H3,(H,16,17,18). The number of Topliss-reactive ketones (excluding diaryl/α,β-unsaturated/α-hetero) is 1. The summed E-state index contributed by atoms with van der Waals surface area (Å²) in [5, 5.41) is 0. The van der Waals surface area contributed by atoms with Crippen molar-refractivity contribution in [1.82, 2.24) is 0 Å². The molecule has 0 aliphatic heterocycles. The number of hydrogen-bond donors (Lipinski definition) is 1. The fraction of sp³-hybridized carbons (Fsp3) is 0.929. The van der Waals surface area contributed by atoms with Crippen LogP contribution in [0, 0.1) is 5.41 Å². The van der Waals surface area contributed by atoms with Gasteiger partial charge < -0.3 is 0 Å². The zero-order valence-electron chi connectivity index (χ0n) is 12.9. The first-order valence-corrected chi connectivity index (χ1v) is 8.64. The number of carbonyl (C=O) groups is 1. The molecule has 0 saturated carbocycles. The van der Waals surface area contributed by atoms with Crippen LogP contribution in [-0.2, 0) is 19.4 Å². The van der Waals surface area contributed by atoms with Crippen molar-refractivity contribution in [3.05, 3.63) is 0 Å². The lowest BCUT2D eigenvalue weighted by Crippen LogP contribution is -2.19. The SMILES string of the molecule is CC(C)(C)C(=O)CCCCCCCCCOS(=O)(=O)O. The molecule has 0 aromatic rings. The van der Waals surface area contributed by atoms with E-state index in [1.165, 1.54) is 0 Å². The Morgan fingerprint density at radius 1 is 0.950 bits per heavy atom. The highest BCUT2D eigenvalue weighted by Crippen LogP contribution is 2.19. The van der Waals surface area contributed by atoms with Crippen molar-refractivity contribution >= 4 is 16.2 Å². The minimum atomic E-state index is -4.28. The van der Waals surface area contributed by atoms with Crippen LogP contribution >= 0.6 is 0 Å². The second-order valence-corrected chi connectivity index (χ2v) is 7.24. The summed E-state index contributed by atoms with van der Waals surface area (Å²) >= 11 is 0. The van der Waals surface area contributed by atoms with Gasteiger partial charge in [0.05, 0.1) is 6.61 Å². The Morgan fingerprint density at radius 2 is 1.40 bits per heavy atom. The van der Waals surface area contributed by atoms with E-state index in [1.54, 1.807) is 0 Å². The molecular weight excluding hydrogens is 280 g/mol. The number of hydrogen-bond acceptors (Lipinski definition) is 4. The Hall–Kier alpha value is -0.460. The van der Waals surface area contributed by atoms with Gasteiger partial charge in [0, 0.05) is 11.8 Å². The minimum absolute atomic E-state index is 0.0406. The molecule has 0 aromatic heterocycles. The van der Waals surface area contributed by atoms with Gasteiger partial charge in [0.25, 0.3) is 0 Å². The van der Waals surface area contributed by atoms with Crippen molar-refractivity contribution in [2.24, 2.45) is 5.41 Å². The summed E-state index contributed by atoms with van der Waals surface area (Å²) in [6, 6.07) is 0. The average molecular weight is 308 g/mol. The summed E-state index contributed by atoms with van der Waals surface area (Å²) in [5.74, 6) is 0.319.